The maximum absolute atomic E-state index is 8.25. The van der Waals surface area contributed by atoms with Gasteiger partial charge in [-0.3, -0.25) is 10.8 Å². The molecule has 11 heteroatoms. The van der Waals surface area contributed by atoms with Gasteiger partial charge in [0.05, 0.1) is 35.3 Å². The molecule has 0 aliphatic carbocycles. The van der Waals surface area contributed by atoms with Crippen LogP contribution in [-0.2, 0) is 4.74 Å². The first-order valence-electron chi connectivity index (χ1n) is 16.5. The summed E-state index contributed by atoms with van der Waals surface area (Å²) < 4.78 is 17.4. The van der Waals surface area contributed by atoms with E-state index in [-0.39, 0.29) is 12.1 Å². The SMILES string of the molecule is CC(C)NC(=N)c1ccc2nc(-c3ccc(OCCOCCOc4ccc(-c5nc6ccc(C(=N)NC(C)C)cc6[nH]5)cc4)cc3)[nH]c2c1. The Labute approximate surface area is 285 Å². The number of fused-ring (bicyclic) bond motifs is 2. The fourth-order valence-electron chi connectivity index (χ4n) is 5.30. The monoisotopic (exact) mass is 658 g/mol. The molecule has 2 aromatic heterocycles. The number of nitrogens with zero attached hydrogens (tertiary/aromatic N) is 2. The Morgan fingerprint density at radius 2 is 1.00 bits per heavy atom. The molecule has 11 nitrogen and oxygen atoms in total. The summed E-state index contributed by atoms with van der Waals surface area (Å²) in [5.74, 6) is 3.82. The number of benzene rings is 4. The molecular formula is C38H42N8O3. The molecule has 0 fully saturated rings. The van der Waals surface area contributed by atoms with Crippen molar-refractivity contribution < 1.29 is 14.2 Å². The Kier molecular flexibility index (Phi) is 10.2. The van der Waals surface area contributed by atoms with Gasteiger partial charge in [-0.2, -0.15) is 0 Å². The number of aromatic nitrogens is 4. The largest absolute Gasteiger partial charge is 0.491 e. The molecule has 4 aromatic carbocycles. The number of nitrogens with one attached hydrogen (secondary N) is 6. The summed E-state index contributed by atoms with van der Waals surface area (Å²) in [7, 11) is 0. The highest BCUT2D eigenvalue weighted by Crippen LogP contribution is 2.25. The molecule has 0 atom stereocenters. The van der Waals surface area contributed by atoms with Gasteiger partial charge in [-0.1, -0.05) is 0 Å². The molecule has 6 N–H and O–H groups in total. The van der Waals surface area contributed by atoms with Gasteiger partial charge < -0.3 is 34.8 Å². The molecule has 49 heavy (non-hydrogen) atoms. The summed E-state index contributed by atoms with van der Waals surface area (Å²) in [5.41, 5.74) is 7.01. The molecular weight excluding hydrogens is 616 g/mol. The number of hydrogen-bond acceptors (Lipinski definition) is 7. The van der Waals surface area contributed by atoms with Crippen molar-refractivity contribution in [3.63, 3.8) is 0 Å². The quantitative estimate of drug-likeness (QED) is 0.0423. The molecule has 0 bridgehead atoms. The average molecular weight is 659 g/mol. The van der Waals surface area contributed by atoms with Gasteiger partial charge in [-0.05, 0) is 113 Å². The van der Waals surface area contributed by atoms with E-state index < -0.39 is 0 Å². The van der Waals surface area contributed by atoms with E-state index in [1.54, 1.807) is 0 Å². The van der Waals surface area contributed by atoms with E-state index in [1.165, 1.54) is 0 Å². The molecule has 0 unspecified atom stereocenters. The molecule has 0 amide bonds. The minimum absolute atomic E-state index is 0.194. The van der Waals surface area contributed by atoms with E-state index >= 15 is 0 Å². The maximum Gasteiger partial charge on any atom is 0.138 e. The predicted octanol–water partition coefficient (Wildman–Crippen LogP) is 6.89. The second-order valence-corrected chi connectivity index (χ2v) is 12.3. The Bertz CT molecular complexity index is 1900. The van der Waals surface area contributed by atoms with E-state index in [0.717, 1.165) is 67.5 Å². The molecule has 0 saturated heterocycles. The van der Waals surface area contributed by atoms with Gasteiger partial charge in [0.15, 0.2) is 0 Å². The summed E-state index contributed by atoms with van der Waals surface area (Å²) >= 11 is 0. The van der Waals surface area contributed by atoms with E-state index in [9.17, 15) is 0 Å². The van der Waals surface area contributed by atoms with Crippen molar-refractivity contribution in [1.82, 2.24) is 30.6 Å². The van der Waals surface area contributed by atoms with E-state index in [1.807, 2.05) is 113 Å². The van der Waals surface area contributed by atoms with Crippen LogP contribution in [0.1, 0.15) is 38.8 Å². The lowest BCUT2D eigenvalue weighted by Crippen LogP contribution is -2.30. The summed E-state index contributed by atoms with van der Waals surface area (Å²) in [6.45, 7) is 9.79. The number of rotatable bonds is 14. The summed E-state index contributed by atoms with van der Waals surface area (Å²) in [6.07, 6.45) is 0. The average Bonchev–Trinajstić information content (AvgIpc) is 3.72. The van der Waals surface area contributed by atoms with E-state index in [4.69, 9.17) is 35.0 Å². The van der Waals surface area contributed by atoms with Gasteiger partial charge in [0.1, 0.15) is 48.0 Å². The first-order valence-corrected chi connectivity index (χ1v) is 16.5. The molecule has 0 aliphatic rings. The van der Waals surface area contributed by atoms with Gasteiger partial charge in [0.25, 0.3) is 0 Å². The van der Waals surface area contributed by atoms with E-state index in [0.29, 0.717) is 38.1 Å². The highest BCUT2D eigenvalue weighted by molar-refractivity contribution is 6.00. The van der Waals surface area contributed by atoms with Crippen molar-refractivity contribution in [2.45, 2.75) is 39.8 Å². The molecule has 6 aromatic rings. The van der Waals surface area contributed by atoms with Crippen LogP contribution in [0.3, 0.4) is 0 Å². The Morgan fingerprint density at radius 3 is 1.39 bits per heavy atom. The number of H-pyrrole nitrogens is 2. The smallest absolute Gasteiger partial charge is 0.138 e. The lowest BCUT2D eigenvalue weighted by molar-refractivity contribution is 0.0764. The number of imidazole rings is 2. The lowest BCUT2D eigenvalue weighted by Gasteiger charge is -2.10. The zero-order valence-electron chi connectivity index (χ0n) is 28.2. The maximum atomic E-state index is 8.25. The number of hydrogen-bond donors (Lipinski definition) is 6. The van der Waals surface area contributed by atoms with Crippen LogP contribution >= 0.6 is 0 Å². The van der Waals surface area contributed by atoms with Crippen LogP contribution in [0.5, 0.6) is 11.5 Å². The highest BCUT2D eigenvalue weighted by Gasteiger charge is 2.11. The summed E-state index contributed by atoms with van der Waals surface area (Å²) in [6, 6.07) is 27.5. The topological polar surface area (TPSA) is 157 Å². The molecule has 0 radical (unpaired) electrons. The van der Waals surface area contributed by atoms with Crippen molar-refractivity contribution in [3.05, 3.63) is 96.1 Å². The predicted molar refractivity (Wildman–Crippen MR) is 195 cm³/mol. The molecule has 252 valence electrons. The van der Waals surface area contributed by atoms with Crippen molar-refractivity contribution in [2.75, 3.05) is 26.4 Å². The normalized spacial score (nSPS) is 11.4. The Hall–Kier alpha value is -5.68. The number of aromatic amines is 2. The lowest BCUT2D eigenvalue weighted by atomic mass is 10.1. The molecule has 0 aliphatic heterocycles. The standard InChI is InChI=1S/C38H42N8O3/c1-23(2)41-35(39)27-9-15-31-33(21-27)45-37(43-31)25-5-11-29(12-6-25)48-19-17-47-18-20-49-30-13-7-26(8-14-30)38-44-32-16-10-28(22-34(32)46-38)36(40)42-24(3)4/h5-16,21-24H,17-20H2,1-4H3,(H2,39,41)(H2,40,42)(H,43,45)(H,44,46). The second kappa shape index (κ2) is 15.0. The third-order valence-electron chi connectivity index (χ3n) is 7.66. The minimum atomic E-state index is 0.194. The Morgan fingerprint density at radius 1 is 0.592 bits per heavy atom. The van der Waals surface area contributed by atoms with Gasteiger partial charge in [-0.15, -0.1) is 0 Å². The van der Waals surface area contributed by atoms with Crippen LogP contribution in [0.2, 0.25) is 0 Å². The van der Waals surface area contributed by atoms with Crippen molar-refractivity contribution in [2.24, 2.45) is 0 Å². The van der Waals surface area contributed by atoms with Gasteiger partial charge in [-0.25, -0.2) is 9.97 Å². The first kappa shape index (κ1) is 33.2. The van der Waals surface area contributed by atoms with E-state index in [2.05, 4.69) is 20.6 Å². The third kappa shape index (κ3) is 8.43. The van der Waals surface area contributed by atoms with Gasteiger partial charge in [0.2, 0.25) is 0 Å². The highest BCUT2D eigenvalue weighted by atomic mass is 16.5. The minimum Gasteiger partial charge on any atom is -0.491 e. The fraction of sp³-hybridized carbons (Fsp3) is 0.263. The number of ether oxygens (including phenoxy) is 3. The second-order valence-electron chi connectivity index (χ2n) is 12.3. The fourth-order valence-corrected chi connectivity index (χ4v) is 5.30. The molecule has 2 heterocycles. The zero-order valence-corrected chi connectivity index (χ0v) is 28.2. The van der Waals surface area contributed by atoms with Crippen LogP contribution in [0, 0.1) is 10.8 Å². The summed E-state index contributed by atoms with van der Waals surface area (Å²) in [4.78, 5) is 16.2. The van der Waals surface area contributed by atoms with Crippen molar-refractivity contribution >= 4 is 33.7 Å². The molecule has 0 saturated carbocycles. The van der Waals surface area contributed by atoms with Crippen molar-refractivity contribution in [3.8, 4) is 34.3 Å². The Balaban J connectivity index is 0.915. The number of amidine groups is 2. The third-order valence-corrected chi connectivity index (χ3v) is 7.66. The van der Waals surface area contributed by atoms with Crippen LogP contribution in [0.4, 0.5) is 0 Å². The molecule has 0 spiro atoms. The molecule has 6 rings (SSSR count). The first-order chi connectivity index (χ1) is 23.7. The van der Waals surface area contributed by atoms with Crippen LogP contribution in [-0.4, -0.2) is 70.1 Å². The summed E-state index contributed by atoms with van der Waals surface area (Å²) in [5, 5.41) is 22.8. The van der Waals surface area contributed by atoms with Crippen LogP contribution in [0.25, 0.3) is 44.8 Å². The van der Waals surface area contributed by atoms with Crippen LogP contribution < -0.4 is 20.1 Å². The van der Waals surface area contributed by atoms with Crippen LogP contribution in [0.15, 0.2) is 84.9 Å². The van der Waals surface area contributed by atoms with Gasteiger partial charge in [0, 0.05) is 34.3 Å². The van der Waals surface area contributed by atoms with Crippen molar-refractivity contribution in [1.29, 1.82) is 10.8 Å². The van der Waals surface area contributed by atoms with Gasteiger partial charge >= 0.3 is 0 Å². The zero-order chi connectivity index (χ0) is 34.3.